The fraction of sp³-hybridized carbons (Fsp3) is 0.545. The lowest BCUT2D eigenvalue weighted by atomic mass is 10.4. The number of quaternary nitrogens is 1. The largest absolute Gasteiger partial charge is 0.356 e. The molecule has 1 aliphatic heterocycles. The van der Waals surface area contributed by atoms with Crippen molar-refractivity contribution in [2.75, 3.05) is 26.2 Å². The van der Waals surface area contributed by atoms with Gasteiger partial charge in [-0.3, -0.25) is 4.79 Å². The minimum absolute atomic E-state index is 0.0238. The molecule has 2 rings (SSSR count). The molecule has 5 heteroatoms. The van der Waals surface area contributed by atoms with Gasteiger partial charge in [-0.05, 0) is 22.0 Å². The van der Waals surface area contributed by atoms with E-state index < -0.39 is 0 Å². The molecule has 1 fully saturated rings. The van der Waals surface area contributed by atoms with Gasteiger partial charge < -0.3 is 15.2 Å². The first kappa shape index (κ1) is 11.7. The molecule has 0 radical (unpaired) electrons. The highest BCUT2D eigenvalue weighted by Gasteiger charge is 2.15. The summed E-state index contributed by atoms with van der Waals surface area (Å²) >= 11 is 3.31. The summed E-state index contributed by atoms with van der Waals surface area (Å²) in [5, 5.41) is 2.93. The molecule has 0 unspecified atom stereocenters. The summed E-state index contributed by atoms with van der Waals surface area (Å²) in [6.07, 6.45) is 4.42. The molecule has 3 N–H and O–H groups in total. The van der Waals surface area contributed by atoms with E-state index in [2.05, 4.69) is 26.2 Å². The number of hydrogen-bond acceptors (Lipinski definition) is 1. The monoisotopic (exact) mass is 286 g/mol. The Morgan fingerprint density at radius 2 is 2.25 bits per heavy atom. The Kier molecular flexibility index (Phi) is 4.01. The van der Waals surface area contributed by atoms with Crippen molar-refractivity contribution in [3.63, 3.8) is 0 Å². The summed E-state index contributed by atoms with van der Waals surface area (Å²) in [7, 11) is 0. The summed E-state index contributed by atoms with van der Waals surface area (Å²) in [6, 6.07) is 1.79. The van der Waals surface area contributed by atoms with Crippen LogP contribution in [0.5, 0.6) is 0 Å². The van der Waals surface area contributed by atoms with Crippen LogP contribution in [-0.4, -0.2) is 37.1 Å². The maximum Gasteiger partial charge on any atom is 0.267 e. The van der Waals surface area contributed by atoms with Crippen LogP contribution in [0.1, 0.15) is 23.3 Å². The Bertz CT molecular complexity index is 358. The van der Waals surface area contributed by atoms with E-state index in [4.69, 9.17) is 0 Å². The maximum atomic E-state index is 11.7. The van der Waals surface area contributed by atoms with Gasteiger partial charge >= 0.3 is 0 Å². The predicted molar refractivity (Wildman–Crippen MR) is 65.6 cm³/mol. The highest BCUT2D eigenvalue weighted by molar-refractivity contribution is 9.10. The molecule has 1 aromatic heterocycles. The SMILES string of the molecule is O=C(NCC[NH+]1CCCC1)c1cc(Br)c[nH]1. The number of amides is 1. The van der Waals surface area contributed by atoms with Gasteiger partial charge in [0.2, 0.25) is 0 Å². The average Bonchev–Trinajstić information content (AvgIpc) is 2.89. The third kappa shape index (κ3) is 3.09. The number of likely N-dealkylation sites (tertiary alicyclic amines) is 1. The minimum atomic E-state index is -0.0238. The third-order valence-corrected chi connectivity index (χ3v) is 3.43. The van der Waals surface area contributed by atoms with E-state index in [1.807, 2.05) is 0 Å². The number of carbonyl (C=O) groups excluding carboxylic acids is 1. The molecule has 1 aliphatic rings. The predicted octanol–water partition coefficient (Wildman–Crippen LogP) is 0.186. The van der Waals surface area contributed by atoms with Crippen LogP contribution >= 0.6 is 15.9 Å². The summed E-state index contributed by atoms with van der Waals surface area (Å²) < 4.78 is 0.905. The second kappa shape index (κ2) is 5.50. The fourth-order valence-electron chi connectivity index (χ4n) is 2.07. The lowest BCUT2D eigenvalue weighted by Gasteiger charge is -2.11. The van der Waals surface area contributed by atoms with E-state index in [1.54, 1.807) is 17.2 Å². The van der Waals surface area contributed by atoms with Gasteiger partial charge in [0.15, 0.2) is 0 Å². The van der Waals surface area contributed by atoms with E-state index in [0.29, 0.717) is 5.69 Å². The van der Waals surface area contributed by atoms with Crippen LogP contribution in [0.25, 0.3) is 0 Å². The van der Waals surface area contributed by atoms with Crippen LogP contribution in [0.2, 0.25) is 0 Å². The zero-order valence-corrected chi connectivity index (χ0v) is 10.8. The second-order valence-corrected chi connectivity index (χ2v) is 5.11. The first-order valence-electron chi connectivity index (χ1n) is 5.71. The lowest BCUT2D eigenvalue weighted by Crippen LogP contribution is -3.10. The number of aromatic nitrogens is 1. The molecule has 88 valence electrons. The second-order valence-electron chi connectivity index (χ2n) is 4.19. The Morgan fingerprint density at radius 1 is 1.50 bits per heavy atom. The normalized spacial score (nSPS) is 16.6. The number of nitrogens with one attached hydrogen (secondary N) is 3. The first-order valence-corrected chi connectivity index (χ1v) is 6.51. The van der Waals surface area contributed by atoms with Crippen molar-refractivity contribution < 1.29 is 9.69 Å². The van der Waals surface area contributed by atoms with Crippen LogP contribution in [0.3, 0.4) is 0 Å². The Hall–Kier alpha value is -0.810. The zero-order chi connectivity index (χ0) is 11.4. The van der Waals surface area contributed by atoms with Crippen molar-refractivity contribution in [1.82, 2.24) is 10.3 Å². The summed E-state index contributed by atoms with van der Waals surface area (Å²) in [6.45, 7) is 4.30. The van der Waals surface area contributed by atoms with Crippen molar-refractivity contribution in [2.24, 2.45) is 0 Å². The van der Waals surface area contributed by atoms with Gasteiger partial charge in [-0.1, -0.05) is 0 Å². The molecule has 0 aromatic carbocycles. The maximum absolute atomic E-state index is 11.7. The molecule has 0 bridgehead atoms. The number of H-pyrrole nitrogens is 1. The van der Waals surface area contributed by atoms with E-state index in [9.17, 15) is 4.79 Å². The van der Waals surface area contributed by atoms with E-state index >= 15 is 0 Å². The molecule has 1 saturated heterocycles. The fourth-order valence-corrected chi connectivity index (χ4v) is 2.42. The molecule has 1 aromatic rings. The zero-order valence-electron chi connectivity index (χ0n) is 9.18. The van der Waals surface area contributed by atoms with Crippen LogP contribution in [-0.2, 0) is 0 Å². The van der Waals surface area contributed by atoms with Crippen molar-refractivity contribution in [1.29, 1.82) is 0 Å². The Balaban J connectivity index is 1.71. The van der Waals surface area contributed by atoms with Gasteiger partial charge in [0, 0.05) is 23.5 Å². The van der Waals surface area contributed by atoms with Crippen LogP contribution in [0, 0.1) is 0 Å². The minimum Gasteiger partial charge on any atom is -0.356 e. The van der Waals surface area contributed by atoms with Gasteiger partial charge in [-0.25, -0.2) is 0 Å². The van der Waals surface area contributed by atoms with Crippen LogP contribution in [0.15, 0.2) is 16.7 Å². The number of carbonyl (C=O) groups is 1. The molecule has 1 amide bonds. The van der Waals surface area contributed by atoms with Crippen molar-refractivity contribution in [3.05, 3.63) is 22.4 Å². The van der Waals surface area contributed by atoms with Crippen molar-refractivity contribution in [3.8, 4) is 0 Å². The molecule has 0 saturated carbocycles. The van der Waals surface area contributed by atoms with E-state index in [1.165, 1.54) is 25.9 Å². The Labute approximate surface area is 104 Å². The van der Waals surface area contributed by atoms with Gasteiger partial charge in [-0.2, -0.15) is 0 Å². The molecule has 0 spiro atoms. The highest BCUT2D eigenvalue weighted by Crippen LogP contribution is 2.09. The smallest absolute Gasteiger partial charge is 0.267 e. The topological polar surface area (TPSA) is 49.3 Å². The van der Waals surface area contributed by atoms with Crippen LogP contribution in [0.4, 0.5) is 0 Å². The number of rotatable bonds is 4. The first-order chi connectivity index (χ1) is 7.75. The van der Waals surface area contributed by atoms with Crippen molar-refractivity contribution in [2.45, 2.75) is 12.8 Å². The molecule has 4 nitrogen and oxygen atoms in total. The summed E-state index contributed by atoms with van der Waals surface area (Å²) in [5.41, 5.74) is 0.614. The quantitative estimate of drug-likeness (QED) is 0.727. The van der Waals surface area contributed by atoms with E-state index in [0.717, 1.165) is 17.6 Å². The number of hydrogen-bond donors (Lipinski definition) is 3. The van der Waals surface area contributed by atoms with Gasteiger partial charge in [-0.15, -0.1) is 0 Å². The third-order valence-electron chi connectivity index (χ3n) is 2.97. The molecule has 0 atom stereocenters. The lowest BCUT2D eigenvalue weighted by molar-refractivity contribution is -0.886. The highest BCUT2D eigenvalue weighted by atomic mass is 79.9. The average molecular weight is 287 g/mol. The van der Waals surface area contributed by atoms with E-state index in [-0.39, 0.29) is 5.91 Å². The molecule has 2 heterocycles. The van der Waals surface area contributed by atoms with Gasteiger partial charge in [0.05, 0.1) is 26.2 Å². The molecular formula is C11H17BrN3O+. The molecule has 0 aliphatic carbocycles. The van der Waals surface area contributed by atoms with Crippen molar-refractivity contribution >= 4 is 21.8 Å². The standard InChI is InChI=1S/C11H16BrN3O/c12-9-7-10(14-8-9)11(16)13-3-6-15-4-1-2-5-15/h7-8,14H,1-6H2,(H,13,16)/p+1. The van der Waals surface area contributed by atoms with Gasteiger partial charge in [0.25, 0.3) is 5.91 Å². The van der Waals surface area contributed by atoms with Gasteiger partial charge in [0.1, 0.15) is 5.69 Å². The van der Waals surface area contributed by atoms with Crippen LogP contribution < -0.4 is 10.2 Å². The number of halogens is 1. The Morgan fingerprint density at radius 3 is 2.88 bits per heavy atom. The summed E-state index contributed by atoms with van der Waals surface area (Å²) in [4.78, 5) is 16.2. The molecular weight excluding hydrogens is 270 g/mol. The summed E-state index contributed by atoms with van der Waals surface area (Å²) in [5.74, 6) is -0.0238. The number of aromatic amines is 1. The molecule has 16 heavy (non-hydrogen) atoms.